The molecular weight excluding hydrogens is 425 g/mol. The molecule has 1 aliphatic rings. The minimum atomic E-state index is -4.51. The summed E-state index contributed by atoms with van der Waals surface area (Å²) in [7, 11) is 0. The maximum atomic E-state index is 12.1. The molecule has 3 rings (SSSR count). The van der Waals surface area contributed by atoms with Gasteiger partial charge >= 0.3 is 12.2 Å². The monoisotopic (exact) mass is 448 g/mol. The number of H-pyrrole nitrogens is 1. The number of amides is 2. The number of piperidine rings is 1. The van der Waals surface area contributed by atoms with Gasteiger partial charge in [0.1, 0.15) is 0 Å². The summed E-state index contributed by atoms with van der Waals surface area (Å²) in [4.78, 5) is 17.6. The number of aliphatic hydroxyl groups is 1. The molecule has 2 heterocycles. The van der Waals surface area contributed by atoms with Crippen LogP contribution in [0.4, 0.5) is 18.0 Å². The molecule has 7 nitrogen and oxygen atoms in total. The van der Waals surface area contributed by atoms with Crippen LogP contribution < -0.4 is 5.48 Å². The Labute approximate surface area is 176 Å². The minimum Gasteiger partial charge on any atom is -0.388 e. The third-order valence-electron chi connectivity index (χ3n) is 5.77. The number of benzene rings is 1. The fourth-order valence-corrected chi connectivity index (χ4v) is 4.19. The largest absolute Gasteiger partial charge is 0.414 e. The first-order valence-electron chi connectivity index (χ1n) is 9.53. The number of nitrogens with one attached hydrogen (secondary N) is 2. The second-order valence-corrected chi connectivity index (χ2v) is 8.56. The number of halogens is 4. The van der Waals surface area contributed by atoms with E-state index in [0.717, 1.165) is 10.9 Å². The lowest BCUT2D eigenvalue weighted by Gasteiger charge is -2.43. The molecule has 30 heavy (non-hydrogen) atoms. The zero-order chi connectivity index (χ0) is 22.1. The Bertz CT molecular complexity index is 895. The summed E-state index contributed by atoms with van der Waals surface area (Å²) in [6.45, 7) is 3.05. The second-order valence-electron chi connectivity index (χ2n) is 8.13. The molecule has 1 aromatic heterocycles. The van der Waals surface area contributed by atoms with E-state index in [9.17, 15) is 23.1 Å². The molecule has 2 amide bonds. The molecule has 0 radical (unpaired) electrons. The number of hydrogen-bond donors (Lipinski definition) is 3. The van der Waals surface area contributed by atoms with Crippen molar-refractivity contribution in [3.8, 4) is 0 Å². The van der Waals surface area contributed by atoms with Crippen LogP contribution in [0, 0.1) is 11.3 Å². The van der Waals surface area contributed by atoms with Crippen molar-refractivity contribution in [2.75, 3.05) is 19.7 Å². The summed E-state index contributed by atoms with van der Waals surface area (Å²) in [5.41, 5.74) is 2.66. The van der Waals surface area contributed by atoms with Crippen LogP contribution in [-0.2, 0) is 4.84 Å². The quantitative estimate of drug-likeness (QED) is 0.598. The molecule has 11 heteroatoms. The van der Waals surface area contributed by atoms with Gasteiger partial charge in [0.15, 0.2) is 6.61 Å². The van der Waals surface area contributed by atoms with Crippen LogP contribution in [0.15, 0.2) is 18.3 Å². The van der Waals surface area contributed by atoms with E-state index in [0.29, 0.717) is 36.5 Å². The normalized spacial score (nSPS) is 17.4. The van der Waals surface area contributed by atoms with E-state index in [2.05, 4.69) is 15.0 Å². The third-order valence-corrected chi connectivity index (χ3v) is 5.99. The van der Waals surface area contributed by atoms with Crippen LogP contribution in [0.2, 0.25) is 5.02 Å². The molecule has 0 aliphatic carbocycles. The molecule has 1 saturated heterocycles. The number of aromatic nitrogens is 2. The summed E-state index contributed by atoms with van der Waals surface area (Å²) in [5, 5.41) is 19.4. The Kier molecular flexibility index (Phi) is 6.49. The van der Waals surface area contributed by atoms with Gasteiger partial charge in [0.25, 0.3) is 0 Å². The number of hydroxylamine groups is 1. The van der Waals surface area contributed by atoms with Crippen molar-refractivity contribution in [2.45, 2.75) is 39.0 Å². The number of hydrogen-bond acceptors (Lipinski definition) is 4. The average Bonchev–Trinajstić information content (AvgIpc) is 3.14. The first-order chi connectivity index (χ1) is 14.0. The van der Waals surface area contributed by atoms with E-state index >= 15 is 0 Å². The van der Waals surface area contributed by atoms with Gasteiger partial charge in [-0.2, -0.15) is 18.3 Å². The summed E-state index contributed by atoms with van der Waals surface area (Å²) in [5.74, 6) is 0.0737. The van der Waals surface area contributed by atoms with Crippen molar-refractivity contribution >= 4 is 28.5 Å². The highest BCUT2D eigenvalue weighted by atomic mass is 35.5. The zero-order valence-corrected chi connectivity index (χ0v) is 17.3. The summed E-state index contributed by atoms with van der Waals surface area (Å²) < 4.78 is 36.4. The number of rotatable bonds is 5. The molecule has 0 bridgehead atoms. The molecule has 1 aliphatic heterocycles. The van der Waals surface area contributed by atoms with Crippen LogP contribution in [0.1, 0.15) is 38.4 Å². The Morgan fingerprint density at radius 2 is 2.07 bits per heavy atom. The number of carbonyl (C=O) groups is 1. The van der Waals surface area contributed by atoms with Crippen LogP contribution in [0.5, 0.6) is 0 Å². The van der Waals surface area contributed by atoms with Crippen LogP contribution in [0.3, 0.4) is 0 Å². The molecule has 0 saturated carbocycles. The van der Waals surface area contributed by atoms with Crippen LogP contribution >= 0.6 is 11.6 Å². The Morgan fingerprint density at radius 1 is 1.40 bits per heavy atom. The fourth-order valence-electron chi connectivity index (χ4n) is 3.96. The van der Waals surface area contributed by atoms with E-state index < -0.39 is 30.3 Å². The summed E-state index contributed by atoms with van der Waals surface area (Å²) in [6, 6.07) is 2.78. The molecule has 0 unspecified atom stereocenters. The molecule has 1 atom stereocenters. The van der Waals surface area contributed by atoms with Crippen molar-refractivity contribution in [3.63, 3.8) is 0 Å². The van der Waals surface area contributed by atoms with E-state index in [-0.39, 0.29) is 5.92 Å². The van der Waals surface area contributed by atoms with Gasteiger partial charge in [0.05, 0.1) is 17.8 Å². The van der Waals surface area contributed by atoms with Crippen molar-refractivity contribution in [1.29, 1.82) is 0 Å². The lowest BCUT2D eigenvalue weighted by Crippen LogP contribution is -2.47. The van der Waals surface area contributed by atoms with Crippen molar-refractivity contribution in [3.05, 3.63) is 28.9 Å². The standard InChI is InChI=1S/C19H24ClF3N4O3/c1-18(2,16(28)14-8-13(20)7-11-9-24-25-15(11)14)12-3-5-27(6-4-12)17(29)26-30-10-19(21,22)23/h7-9,12,16,28H,3-6,10H2,1-2H3,(H,24,25)(H,26,29)/t16-/m1/s1. The highest BCUT2D eigenvalue weighted by Gasteiger charge is 2.40. The molecule has 2 aromatic rings. The van der Waals surface area contributed by atoms with Crippen LogP contribution in [-0.4, -0.2) is 52.1 Å². The molecule has 166 valence electrons. The maximum absolute atomic E-state index is 12.1. The lowest BCUT2D eigenvalue weighted by atomic mass is 9.68. The van der Waals surface area contributed by atoms with Gasteiger partial charge in [-0.3, -0.25) is 9.94 Å². The maximum Gasteiger partial charge on any atom is 0.414 e. The third kappa shape index (κ3) is 4.98. The Morgan fingerprint density at radius 3 is 2.70 bits per heavy atom. The number of likely N-dealkylation sites (tertiary alicyclic amines) is 1. The predicted molar refractivity (Wildman–Crippen MR) is 105 cm³/mol. The first-order valence-corrected chi connectivity index (χ1v) is 9.91. The average molecular weight is 449 g/mol. The summed E-state index contributed by atoms with van der Waals surface area (Å²) in [6.07, 6.45) is -2.53. The summed E-state index contributed by atoms with van der Waals surface area (Å²) >= 11 is 6.20. The molecule has 1 aromatic carbocycles. The SMILES string of the molecule is CC(C)(C1CCN(C(=O)NOCC(F)(F)F)CC1)[C@H](O)c1cc(Cl)cc2cn[nH]c12. The first kappa shape index (κ1) is 22.6. The number of nitrogens with zero attached hydrogens (tertiary/aromatic N) is 2. The van der Waals surface area contributed by atoms with E-state index in [1.54, 1.807) is 18.3 Å². The number of fused-ring (bicyclic) bond motifs is 1. The number of aromatic amines is 1. The number of carbonyl (C=O) groups excluding carboxylic acids is 1. The van der Waals surface area contributed by atoms with Crippen molar-refractivity contribution in [1.82, 2.24) is 20.6 Å². The molecular formula is C19H24ClF3N4O3. The van der Waals surface area contributed by atoms with Gasteiger partial charge in [-0.05, 0) is 36.3 Å². The van der Waals surface area contributed by atoms with Gasteiger partial charge in [-0.15, -0.1) is 0 Å². The highest BCUT2D eigenvalue weighted by molar-refractivity contribution is 6.31. The lowest BCUT2D eigenvalue weighted by molar-refractivity contribution is -0.185. The smallest absolute Gasteiger partial charge is 0.388 e. The fraction of sp³-hybridized carbons (Fsp3) is 0.579. The Balaban J connectivity index is 1.62. The number of alkyl halides is 3. The second kappa shape index (κ2) is 8.60. The van der Waals surface area contributed by atoms with E-state index in [1.807, 2.05) is 19.3 Å². The van der Waals surface area contributed by atoms with Gasteiger partial charge in [-0.1, -0.05) is 25.4 Å². The van der Waals surface area contributed by atoms with Crippen molar-refractivity contribution < 1.29 is 27.9 Å². The van der Waals surface area contributed by atoms with Crippen molar-refractivity contribution in [2.24, 2.45) is 11.3 Å². The molecule has 0 spiro atoms. The van der Waals surface area contributed by atoms with E-state index in [4.69, 9.17) is 11.6 Å². The number of aliphatic hydroxyl groups excluding tert-OH is 1. The highest BCUT2D eigenvalue weighted by Crippen LogP contribution is 2.46. The Hall–Kier alpha value is -2.04. The van der Waals surface area contributed by atoms with Gasteiger partial charge in [0, 0.05) is 29.1 Å². The van der Waals surface area contributed by atoms with Gasteiger partial charge < -0.3 is 10.0 Å². The topological polar surface area (TPSA) is 90.5 Å². The molecule has 3 N–H and O–H groups in total. The van der Waals surface area contributed by atoms with E-state index in [1.165, 1.54) is 4.90 Å². The van der Waals surface area contributed by atoms with Crippen LogP contribution in [0.25, 0.3) is 10.9 Å². The van der Waals surface area contributed by atoms with Gasteiger partial charge in [0.2, 0.25) is 0 Å². The predicted octanol–water partition coefficient (Wildman–Crippen LogP) is 4.19. The number of urea groups is 1. The minimum absolute atomic E-state index is 0.0737. The van der Waals surface area contributed by atoms with Gasteiger partial charge in [-0.25, -0.2) is 10.3 Å². The molecule has 1 fully saturated rings. The zero-order valence-electron chi connectivity index (χ0n) is 16.6.